The molecule has 0 aliphatic carbocycles. The highest BCUT2D eigenvalue weighted by molar-refractivity contribution is 7.08. The molecule has 3 aromatic rings. The molecular weight excluding hydrogens is 336 g/mol. The van der Waals surface area contributed by atoms with Crippen molar-refractivity contribution in [2.24, 2.45) is 0 Å². The fraction of sp³-hybridized carbons (Fsp3) is 0.211. The summed E-state index contributed by atoms with van der Waals surface area (Å²) in [6.45, 7) is 4.26. The lowest BCUT2D eigenvalue weighted by molar-refractivity contribution is -0.135. The highest BCUT2D eigenvalue weighted by Gasteiger charge is 2.16. The SMILES string of the molecule is CC(C)c1ccc(/C=C(\CC(=O)O)c2nc(-c3ccsc3)no2)cc1. The van der Waals surface area contributed by atoms with Gasteiger partial charge in [0, 0.05) is 16.5 Å². The number of rotatable bonds is 6. The van der Waals surface area contributed by atoms with Crippen LogP contribution in [0.1, 0.15) is 43.2 Å². The molecular formula is C19H18N2O3S. The Hall–Kier alpha value is -2.73. The maximum Gasteiger partial charge on any atom is 0.308 e. The molecule has 6 heteroatoms. The number of carboxylic acid groups (broad SMARTS) is 1. The number of benzene rings is 1. The predicted octanol–water partition coefficient (Wildman–Crippen LogP) is 4.94. The molecule has 3 rings (SSSR count). The van der Waals surface area contributed by atoms with Gasteiger partial charge in [-0.2, -0.15) is 16.3 Å². The number of hydrogen-bond donors (Lipinski definition) is 1. The van der Waals surface area contributed by atoms with Crippen molar-refractivity contribution in [2.75, 3.05) is 0 Å². The van der Waals surface area contributed by atoms with E-state index in [9.17, 15) is 9.90 Å². The Morgan fingerprint density at radius 3 is 2.64 bits per heavy atom. The quantitative estimate of drug-likeness (QED) is 0.679. The van der Waals surface area contributed by atoms with E-state index in [2.05, 4.69) is 24.0 Å². The van der Waals surface area contributed by atoms with Crippen LogP contribution in [0.15, 0.2) is 45.6 Å². The molecule has 0 spiro atoms. The van der Waals surface area contributed by atoms with Gasteiger partial charge in [-0.05, 0) is 34.6 Å². The van der Waals surface area contributed by atoms with Crippen LogP contribution in [0.4, 0.5) is 0 Å². The van der Waals surface area contributed by atoms with Crippen molar-refractivity contribution in [1.82, 2.24) is 10.1 Å². The minimum Gasteiger partial charge on any atom is -0.481 e. The number of nitrogens with zero attached hydrogens (tertiary/aromatic N) is 2. The smallest absolute Gasteiger partial charge is 0.308 e. The van der Waals surface area contributed by atoms with E-state index < -0.39 is 5.97 Å². The van der Waals surface area contributed by atoms with Crippen LogP contribution in [0, 0.1) is 0 Å². The van der Waals surface area contributed by atoms with Crippen LogP contribution in [-0.4, -0.2) is 21.2 Å². The first-order valence-corrected chi connectivity index (χ1v) is 8.86. The second kappa shape index (κ2) is 7.44. The van der Waals surface area contributed by atoms with Crippen molar-refractivity contribution in [2.45, 2.75) is 26.2 Å². The molecule has 0 amide bonds. The van der Waals surface area contributed by atoms with Gasteiger partial charge in [-0.25, -0.2) is 0 Å². The summed E-state index contributed by atoms with van der Waals surface area (Å²) in [5.41, 5.74) is 3.47. The number of hydrogen-bond acceptors (Lipinski definition) is 5. The summed E-state index contributed by atoms with van der Waals surface area (Å²) in [7, 11) is 0. The van der Waals surface area contributed by atoms with Crippen molar-refractivity contribution >= 4 is 29.0 Å². The van der Waals surface area contributed by atoms with Gasteiger partial charge in [-0.3, -0.25) is 4.79 Å². The molecule has 0 bridgehead atoms. The summed E-state index contributed by atoms with van der Waals surface area (Å²) in [4.78, 5) is 15.6. The predicted molar refractivity (Wildman–Crippen MR) is 98.3 cm³/mol. The molecule has 0 saturated heterocycles. The molecule has 1 aromatic carbocycles. The zero-order valence-electron chi connectivity index (χ0n) is 14.0. The van der Waals surface area contributed by atoms with Gasteiger partial charge < -0.3 is 9.63 Å². The van der Waals surface area contributed by atoms with Crippen molar-refractivity contribution in [3.05, 3.63) is 58.1 Å². The molecule has 1 N–H and O–H groups in total. The third kappa shape index (κ3) is 4.22. The molecule has 25 heavy (non-hydrogen) atoms. The Morgan fingerprint density at radius 2 is 2.04 bits per heavy atom. The van der Waals surface area contributed by atoms with Gasteiger partial charge in [0.25, 0.3) is 5.89 Å². The van der Waals surface area contributed by atoms with Gasteiger partial charge in [0.1, 0.15) is 0 Å². The fourth-order valence-electron chi connectivity index (χ4n) is 2.39. The number of thiophene rings is 1. The summed E-state index contributed by atoms with van der Waals surface area (Å²) < 4.78 is 5.30. The van der Waals surface area contributed by atoms with E-state index in [-0.39, 0.29) is 12.3 Å². The van der Waals surface area contributed by atoms with Crippen molar-refractivity contribution in [1.29, 1.82) is 0 Å². The number of aliphatic carboxylic acids is 1. The Kier molecular flexibility index (Phi) is 5.09. The number of aromatic nitrogens is 2. The Balaban J connectivity index is 1.93. The minimum atomic E-state index is -0.944. The van der Waals surface area contributed by atoms with Crippen molar-refractivity contribution in [3.8, 4) is 11.4 Å². The zero-order valence-corrected chi connectivity index (χ0v) is 14.8. The van der Waals surface area contributed by atoms with E-state index in [0.29, 0.717) is 17.3 Å². The molecule has 0 saturated carbocycles. The van der Waals surface area contributed by atoms with E-state index in [4.69, 9.17) is 4.52 Å². The number of carboxylic acids is 1. The Bertz CT molecular complexity index is 878. The molecule has 2 heterocycles. The lowest BCUT2D eigenvalue weighted by atomic mass is 10.0. The van der Waals surface area contributed by atoms with Crippen molar-refractivity contribution in [3.63, 3.8) is 0 Å². The van der Waals surface area contributed by atoms with Crippen LogP contribution in [0.3, 0.4) is 0 Å². The fourth-order valence-corrected chi connectivity index (χ4v) is 3.03. The Labute approximate surface area is 149 Å². The van der Waals surface area contributed by atoms with Crippen LogP contribution in [0.2, 0.25) is 0 Å². The van der Waals surface area contributed by atoms with Gasteiger partial charge in [0.2, 0.25) is 5.82 Å². The van der Waals surface area contributed by atoms with Gasteiger partial charge >= 0.3 is 5.97 Å². The van der Waals surface area contributed by atoms with Gasteiger partial charge in [0.05, 0.1) is 6.42 Å². The first-order chi connectivity index (χ1) is 12.0. The largest absolute Gasteiger partial charge is 0.481 e. The topological polar surface area (TPSA) is 76.2 Å². The van der Waals surface area contributed by atoms with Crippen LogP contribution >= 0.6 is 11.3 Å². The molecule has 0 radical (unpaired) electrons. The van der Waals surface area contributed by atoms with Crippen LogP contribution in [-0.2, 0) is 4.79 Å². The minimum absolute atomic E-state index is 0.183. The zero-order chi connectivity index (χ0) is 17.8. The van der Waals surface area contributed by atoms with E-state index in [1.807, 2.05) is 41.1 Å². The van der Waals surface area contributed by atoms with E-state index in [1.54, 1.807) is 6.08 Å². The molecule has 0 aliphatic rings. The third-order valence-corrected chi connectivity index (χ3v) is 4.45. The summed E-state index contributed by atoms with van der Waals surface area (Å²) in [5.74, 6) is 0.195. The van der Waals surface area contributed by atoms with Crippen LogP contribution in [0.5, 0.6) is 0 Å². The molecule has 0 fully saturated rings. The average molecular weight is 354 g/mol. The molecule has 0 atom stereocenters. The maximum absolute atomic E-state index is 11.2. The second-order valence-electron chi connectivity index (χ2n) is 6.00. The third-order valence-electron chi connectivity index (χ3n) is 3.77. The van der Waals surface area contributed by atoms with E-state index in [1.165, 1.54) is 16.9 Å². The lowest BCUT2D eigenvalue weighted by Gasteiger charge is -2.05. The standard InChI is InChI=1S/C19H18N2O3S/c1-12(2)14-5-3-13(4-6-14)9-16(10-17(22)23)19-20-18(21-24-19)15-7-8-25-11-15/h3-9,11-12H,10H2,1-2H3,(H,22,23)/b16-9+. The molecule has 5 nitrogen and oxygen atoms in total. The molecule has 0 unspecified atom stereocenters. The average Bonchev–Trinajstić information content (AvgIpc) is 3.25. The molecule has 2 aromatic heterocycles. The monoisotopic (exact) mass is 354 g/mol. The first kappa shape index (κ1) is 17.1. The second-order valence-corrected chi connectivity index (χ2v) is 6.78. The van der Waals surface area contributed by atoms with Crippen LogP contribution < -0.4 is 0 Å². The maximum atomic E-state index is 11.2. The van der Waals surface area contributed by atoms with Crippen LogP contribution in [0.25, 0.3) is 23.0 Å². The molecule has 0 aliphatic heterocycles. The normalized spacial score (nSPS) is 11.9. The summed E-state index contributed by atoms with van der Waals surface area (Å²) in [6.07, 6.45) is 1.60. The summed E-state index contributed by atoms with van der Waals surface area (Å²) >= 11 is 1.54. The van der Waals surface area contributed by atoms with Gasteiger partial charge in [-0.1, -0.05) is 43.3 Å². The van der Waals surface area contributed by atoms with Crippen molar-refractivity contribution < 1.29 is 14.4 Å². The van der Waals surface area contributed by atoms with Gasteiger partial charge in [0.15, 0.2) is 0 Å². The Morgan fingerprint density at radius 1 is 1.28 bits per heavy atom. The van der Waals surface area contributed by atoms with Gasteiger partial charge in [-0.15, -0.1) is 0 Å². The first-order valence-electron chi connectivity index (χ1n) is 7.92. The summed E-state index contributed by atoms with van der Waals surface area (Å²) in [6, 6.07) is 9.91. The lowest BCUT2D eigenvalue weighted by Crippen LogP contribution is -1.97. The van der Waals surface area contributed by atoms with E-state index in [0.717, 1.165) is 11.1 Å². The highest BCUT2D eigenvalue weighted by atomic mass is 32.1. The number of carbonyl (C=O) groups is 1. The highest BCUT2D eigenvalue weighted by Crippen LogP contribution is 2.25. The van der Waals surface area contributed by atoms with E-state index >= 15 is 0 Å². The molecule has 128 valence electrons. The summed E-state index contributed by atoms with van der Waals surface area (Å²) in [5, 5.41) is 17.0.